The van der Waals surface area contributed by atoms with Gasteiger partial charge >= 0.3 is 0 Å². The number of hydrogen-bond acceptors (Lipinski definition) is 8. The number of hydrogen-bond donors (Lipinski definition) is 0. The maximum Gasteiger partial charge on any atom is 0.125 e. The predicted molar refractivity (Wildman–Crippen MR) is 478 cm³/mol. The molecule has 0 aliphatic rings. The van der Waals surface area contributed by atoms with Crippen molar-refractivity contribution < 1.29 is 0 Å². The van der Waals surface area contributed by atoms with E-state index < -0.39 is 0 Å². The standard InChI is InChI=1S/2C16H14.6C7H9N.C6H8N2.9C2H6/c1-11-3-5-13-10-16-8-12(2)4-6-14(16)9-15(13)7-11;1-11-13-7-3-5-9-15(13)12(2)16-10-6-4-8-14(11)16;1-6-3-7(2)5-8-4-6;2*1-6-3-4-8-7(2)5-6;2*1-6-3-4-7(2)8-5-6;1-6-4-3-5-7(2)8-6;1-5-3-7-6(2)8-4-5;9*1-2/h2*3-10H,1-2H3;6*3-5H,1-2H3;3-4H,1-2H3;9*1-2H3. The molecule has 0 radical (unpaired) electrons. The first kappa shape index (κ1) is 105. The lowest BCUT2D eigenvalue weighted by molar-refractivity contribution is 1.03. The van der Waals surface area contributed by atoms with E-state index in [0.717, 1.165) is 45.6 Å². The highest BCUT2D eigenvalue weighted by Gasteiger charge is 2.07. The number of benzene rings is 6. The van der Waals surface area contributed by atoms with E-state index in [9.17, 15) is 0 Å². The molecule has 0 atom stereocenters. The molecule has 576 valence electrons. The molecular weight excluding hydrogens is 1290 g/mol. The first-order valence-electron chi connectivity index (χ1n) is 38.9. The summed E-state index contributed by atoms with van der Waals surface area (Å²) in [5.74, 6) is 0.829. The summed E-state index contributed by atoms with van der Waals surface area (Å²) in [5, 5.41) is 10.8. The first-order chi connectivity index (χ1) is 51.0. The van der Waals surface area contributed by atoms with Gasteiger partial charge in [0.25, 0.3) is 0 Å². The summed E-state index contributed by atoms with van der Waals surface area (Å²) in [6.45, 7) is 72.8. The van der Waals surface area contributed by atoms with E-state index in [4.69, 9.17) is 0 Å². The van der Waals surface area contributed by atoms with Gasteiger partial charge in [0.1, 0.15) is 5.82 Å². The number of aryl methyl sites for hydroxylation is 18. The monoisotopic (exact) mass is 1430 g/mol. The van der Waals surface area contributed by atoms with Crippen LogP contribution in [0.25, 0.3) is 43.1 Å². The Morgan fingerprint density at radius 3 is 0.717 bits per heavy atom. The molecule has 6 aromatic carbocycles. The number of aromatic nitrogens is 8. The molecule has 7 aromatic heterocycles. The van der Waals surface area contributed by atoms with E-state index >= 15 is 0 Å². The molecule has 0 unspecified atom stereocenters. The highest BCUT2D eigenvalue weighted by molar-refractivity contribution is 6.05. The lowest BCUT2D eigenvalue weighted by Gasteiger charge is -2.11. The van der Waals surface area contributed by atoms with E-state index in [1.165, 1.54) is 98.7 Å². The van der Waals surface area contributed by atoms with Crippen LogP contribution < -0.4 is 0 Å². The molecule has 8 heteroatoms. The second-order valence-corrected chi connectivity index (χ2v) is 22.6. The smallest absolute Gasteiger partial charge is 0.125 e. The fraction of sp³-hybridized carbons (Fsp3) is 0.367. The lowest BCUT2D eigenvalue weighted by atomic mass is 9.93. The molecule has 0 spiro atoms. The summed E-state index contributed by atoms with van der Waals surface area (Å²) in [6, 6.07) is 59.4. The minimum Gasteiger partial charge on any atom is -0.264 e. The Morgan fingerprint density at radius 2 is 0.491 bits per heavy atom. The first-order valence-corrected chi connectivity index (χ1v) is 38.9. The van der Waals surface area contributed by atoms with Crippen molar-refractivity contribution in [3.63, 3.8) is 0 Å². The van der Waals surface area contributed by atoms with Gasteiger partial charge in [-0.05, 0) is 278 Å². The predicted octanol–water partition coefficient (Wildman–Crippen LogP) is 29.7. The third-order valence-corrected chi connectivity index (χ3v) is 13.7. The highest BCUT2D eigenvalue weighted by atomic mass is 14.8. The summed E-state index contributed by atoms with van der Waals surface area (Å²) in [5.41, 5.74) is 20.5. The van der Waals surface area contributed by atoms with Crippen LogP contribution in [-0.4, -0.2) is 39.9 Å². The maximum atomic E-state index is 4.17. The molecule has 0 amide bonds. The molecule has 8 nitrogen and oxygen atoms in total. The summed E-state index contributed by atoms with van der Waals surface area (Å²) in [7, 11) is 0. The lowest BCUT2D eigenvalue weighted by Crippen LogP contribution is -1.87. The molecule has 7 heterocycles. The van der Waals surface area contributed by atoms with Crippen molar-refractivity contribution in [1.29, 1.82) is 0 Å². The van der Waals surface area contributed by atoms with Crippen molar-refractivity contribution in [3.8, 4) is 0 Å². The third-order valence-electron chi connectivity index (χ3n) is 13.7. The zero-order valence-corrected chi connectivity index (χ0v) is 73.4. The second-order valence-electron chi connectivity index (χ2n) is 22.6. The minimum atomic E-state index is 0.829. The molecular formula is C98H144N8. The molecule has 0 bridgehead atoms. The van der Waals surface area contributed by atoms with Crippen LogP contribution in [0.4, 0.5) is 0 Å². The van der Waals surface area contributed by atoms with Crippen molar-refractivity contribution in [2.45, 2.75) is 249 Å². The van der Waals surface area contributed by atoms with Gasteiger partial charge in [0.2, 0.25) is 0 Å². The van der Waals surface area contributed by atoms with Gasteiger partial charge in [0.15, 0.2) is 0 Å². The summed E-state index contributed by atoms with van der Waals surface area (Å²) in [6.07, 6.45) is 14.7. The van der Waals surface area contributed by atoms with Crippen LogP contribution in [-0.2, 0) is 0 Å². The van der Waals surface area contributed by atoms with Gasteiger partial charge in [0.05, 0.1) is 0 Å². The number of nitrogens with zero attached hydrogens (tertiary/aromatic N) is 8. The zero-order chi connectivity index (χ0) is 82.1. The van der Waals surface area contributed by atoms with Crippen LogP contribution in [0.2, 0.25) is 0 Å². The topological polar surface area (TPSA) is 103 Å². The van der Waals surface area contributed by atoms with Gasteiger partial charge in [-0.3, -0.25) is 29.9 Å². The Labute approximate surface area is 649 Å². The molecule has 13 aromatic rings. The maximum absolute atomic E-state index is 4.17. The van der Waals surface area contributed by atoms with Crippen LogP contribution in [0.15, 0.2) is 219 Å². The number of pyridine rings is 6. The Kier molecular flexibility index (Phi) is 66.6. The number of fused-ring (bicyclic) bond motifs is 4. The van der Waals surface area contributed by atoms with Crippen LogP contribution in [0, 0.1) is 125 Å². The molecule has 0 saturated carbocycles. The van der Waals surface area contributed by atoms with Crippen LogP contribution in [0.5, 0.6) is 0 Å². The van der Waals surface area contributed by atoms with Gasteiger partial charge in [-0.25, -0.2) is 9.97 Å². The zero-order valence-electron chi connectivity index (χ0n) is 73.4. The van der Waals surface area contributed by atoms with E-state index in [1.54, 1.807) is 0 Å². The molecule has 0 saturated heterocycles. The van der Waals surface area contributed by atoms with Gasteiger partial charge in [-0.15, -0.1) is 0 Å². The van der Waals surface area contributed by atoms with E-state index in [2.05, 4.69) is 209 Å². The van der Waals surface area contributed by atoms with Crippen LogP contribution >= 0.6 is 0 Å². The van der Waals surface area contributed by atoms with Crippen molar-refractivity contribution in [2.75, 3.05) is 0 Å². The third kappa shape index (κ3) is 46.9. The quantitative estimate of drug-likeness (QED) is 0.138. The van der Waals surface area contributed by atoms with Crippen molar-refractivity contribution in [1.82, 2.24) is 39.9 Å². The fourth-order valence-electron chi connectivity index (χ4n) is 9.10. The fourth-order valence-corrected chi connectivity index (χ4v) is 9.10. The number of rotatable bonds is 0. The summed E-state index contributed by atoms with van der Waals surface area (Å²) < 4.78 is 0. The Bertz CT molecular complexity index is 3640. The van der Waals surface area contributed by atoms with Crippen molar-refractivity contribution >= 4 is 43.1 Å². The molecule has 0 N–H and O–H groups in total. The van der Waals surface area contributed by atoms with Gasteiger partial charge in [-0.1, -0.05) is 245 Å². The van der Waals surface area contributed by atoms with Crippen LogP contribution in [0.1, 0.15) is 226 Å². The van der Waals surface area contributed by atoms with Crippen molar-refractivity contribution in [2.24, 2.45) is 0 Å². The molecule has 106 heavy (non-hydrogen) atoms. The molecule has 0 aliphatic carbocycles. The van der Waals surface area contributed by atoms with Gasteiger partial charge in [-0.2, -0.15) is 0 Å². The Hall–Kier alpha value is -9.66. The van der Waals surface area contributed by atoms with Gasteiger partial charge in [0, 0.05) is 83.7 Å². The van der Waals surface area contributed by atoms with E-state index in [0.29, 0.717) is 0 Å². The van der Waals surface area contributed by atoms with E-state index in [-0.39, 0.29) is 0 Å². The minimum absolute atomic E-state index is 0.829. The normalized spacial score (nSPS) is 8.75. The largest absolute Gasteiger partial charge is 0.264 e. The van der Waals surface area contributed by atoms with E-state index in [1.807, 2.05) is 300 Å². The molecule has 0 fully saturated rings. The SMILES string of the molecule is CC.CC.CC.CC.CC.CC.CC.CC.CC.Cc1c2ccccc2c(C)c2ccccc12.Cc1ccc(C)nc1.Cc1ccc(C)nc1.Cc1ccc2cc3cc(C)ccc3cc2c1.Cc1cccc(C)n1.Cc1ccnc(C)c1.Cc1ccnc(C)c1.Cc1cnc(C)nc1.Cc1cncc(C)c1. The van der Waals surface area contributed by atoms with Crippen molar-refractivity contribution in [3.05, 3.63) is 321 Å². The average molecular weight is 1430 g/mol. The molecule has 13 rings (SSSR count). The van der Waals surface area contributed by atoms with Crippen LogP contribution in [0.3, 0.4) is 0 Å². The summed E-state index contributed by atoms with van der Waals surface area (Å²) >= 11 is 0. The average Bonchev–Trinajstić information content (AvgIpc) is 0.771. The summed E-state index contributed by atoms with van der Waals surface area (Å²) in [4.78, 5) is 32.3. The van der Waals surface area contributed by atoms with Gasteiger partial charge < -0.3 is 0 Å². The highest BCUT2D eigenvalue weighted by Crippen LogP contribution is 2.31. The Morgan fingerprint density at radius 1 is 0.189 bits per heavy atom. The molecule has 0 aliphatic heterocycles. The second kappa shape index (κ2) is 67.2. The Balaban J connectivity index is -0.000000356.